The molecule has 182 valence electrons. The van der Waals surface area contributed by atoms with E-state index in [0.29, 0.717) is 6.42 Å². The number of aliphatic carboxylic acids is 1. The summed E-state index contributed by atoms with van der Waals surface area (Å²) < 4.78 is 43.3. The van der Waals surface area contributed by atoms with Gasteiger partial charge in [-0.25, -0.2) is 9.59 Å². The van der Waals surface area contributed by atoms with E-state index in [-0.39, 0.29) is 25.4 Å². The molecular formula is C24H25F3N2O5. The summed E-state index contributed by atoms with van der Waals surface area (Å²) >= 11 is 0. The van der Waals surface area contributed by atoms with Gasteiger partial charge in [-0.1, -0.05) is 48.5 Å². The number of hydrogen-bond acceptors (Lipinski definition) is 4. The monoisotopic (exact) mass is 478 g/mol. The maximum absolute atomic E-state index is 12.6. The predicted octanol–water partition coefficient (Wildman–Crippen LogP) is 4.22. The second-order valence-corrected chi connectivity index (χ2v) is 8.14. The predicted molar refractivity (Wildman–Crippen MR) is 117 cm³/mol. The molecule has 0 radical (unpaired) electrons. The molecule has 0 fully saturated rings. The third-order valence-corrected chi connectivity index (χ3v) is 5.63. The van der Waals surface area contributed by atoms with Gasteiger partial charge in [0.1, 0.15) is 6.61 Å². The number of carbonyl (C=O) groups excluding carboxylic acids is 2. The maximum Gasteiger partial charge on any atom is 0.419 e. The van der Waals surface area contributed by atoms with Gasteiger partial charge < -0.3 is 20.5 Å². The smallest absolute Gasteiger partial charge is 0.419 e. The molecule has 7 nitrogen and oxygen atoms in total. The number of carboxylic acids is 1. The number of fused-ring (bicyclic) bond motifs is 3. The van der Waals surface area contributed by atoms with E-state index in [1.54, 1.807) is 6.92 Å². The Morgan fingerprint density at radius 3 is 2.09 bits per heavy atom. The Labute approximate surface area is 194 Å². The molecule has 1 aliphatic carbocycles. The fourth-order valence-electron chi connectivity index (χ4n) is 4.00. The van der Waals surface area contributed by atoms with Gasteiger partial charge in [0.15, 0.2) is 0 Å². The largest absolute Gasteiger partial charge is 0.479 e. The molecule has 10 heteroatoms. The molecule has 2 unspecified atom stereocenters. The van der Waals surface area contributed by atoms with E-state index in [1.807, 2.05) is 48.5 Å². The second kappa shape index (κ2) is 10.6. The molecule has 3 N–H and O–H groups in total. The molecule has 0 spiro atoms. The van der Waals surface area contributed by atoms with E-state index in [4.69, 9.17) is 9.84 Å². The van der Waals surface area contributed by atoms with Crippen LogP contribution in [0.25, 0.3) is 11.1 Å². The van der Waals surface area contributed by atoms with Crippen LogP contribution in [0.1, 0.15) is 43.2 Å². The topological polar surface area (TPSA) is 105 Å². The Morgan fingerprint density at radius 2 is 1.56 bits per heavy atom. The number of hydrogen-bond donors (Lipinski definition) is 3. The van der Waals surface area contributed by atoms with Gasteiger partial charge in [-0.2, -0.15) is 13.2 Å². The summed E-state index contributed by atoms with van der Waals surface area (Å²) in [5.74, 6) is -3.29. The number of benzene rings is 2. The highest BCUT2D eigenvalue weighted by Crippen LogP contribution is 2.44. The molecule has 2 atom stereocenters. The standard InChI is InChI=1S/C24H25F3N2O5/c1-14(7-6-12-20(30)29-21(22(31)32)24(25,26)27)28-23(33)34-13-19-17-10-4-2-8-15(17)16-9-3-5-11-18(16)19/h2-5,8-11,14,19,21H,6-7,12-13H2,1H3,(H,28,33)(H,29,30)(H,31,32). The summed E-state index contributed by atoms with van der Waals surface area (Å²) in [7, 11) is 0. The van der Waals surface area contributed by atoms with E-state index in [2.05, 4.69) is 5.32 Å². The molecule has 0 aliphatic heterocycles. The number of alkyl halides is 3. The van der Waals surface area contributed by atoms with E-state index >= 15 is 0 Å². The van der Waals surface area contributed by atoms with Gasteiger partial charge in [0.2, 0.25) is 11.9 Å². The zero-order valence-corrected chi connectivity index (χ0v) is 18.4. The van der Waals surface area contributed by atoms with E-state index < -0.39 is 36.2 Å². The lowest BCUT2D eigenvalue weighted by atomic mass is 9.98. The lowest BCUT2D eigenvalue weighted by molar-refractivity contribution is -0.182. The Kier molecular flexibility index (Phi) is 7.80. The minimum absolute atomic E-state index is 0.0898. The quantitative estimate of drug-likeness (QED) is 0.501. The minimum Gasteiger partial charge on any atom is -0.479 e. The van der Waals surface area contributed by atoms with Gasteiger partial charge in [0.25, 0.3) is 0 Å². The lowest BCUT2D eigenvalue weighted by Crippen LogP contribution is -2.50. The summed E-state index contributed by atoms with van der Waals surface area (Å²) in [4.78, 5) is 34.6. The number of rotatable bonds is 9. The zero-order chi connectivity index (χ0) is 24.9. The highest BCUT2D eigenvalue weighted by Gasteiger charge is 2.46. The molecule has 34 heavy (non-hydrogen) atoms. The third-order valence-electron chi connectivity index (χ3n) is 5.63. The van der Waals surface area contributed by atoms with Gasteiger partial charge in [-0.05, 0) is 42.0 Å². The molecule has 0 bridgehead atoms. The number of nitrogens with one attached hydrogen (secondary N) is 2. The molecule has 2 aromatic carbocycles. The van der Waals surface area contributed by atoms with Crippen LogP contribution >= 0.6 is 0 Å². The Balaban J connectivity index is 1.44. The van der Waals surface area contributed by atoms with Crippen LogP contribution < -0.4 is 10.6 Å². The SMILES string of the molecule is CC(CCCC(=O)NC(C(=O)O)C(F)(F)F)NC(=O)OCC1c2ccccc2-c2ccccc21. The van der Waals surface area contributed by atoms with Crippen molar-refractivity contribution < 1.29 is 37.4 Å². The van der Waals surface area contributed by atoms with Crippen molar-refractivity contribution in [3.63, 3.8) is 0 Å². The van der Waals surface area contributed by atoms with Crippen molar-refractivity contribution in [1.29, 1.82) is 0 Å². The first-order valence-electron chi connectivity index (χ1n) is 10.8. The van der Waals surface area contributed by atoms with Crippen molar-refractivity contribution in [2.45, 2.75) is 50.4 Å². The third kappa shape index (κ3) is 6.06. The fraction of sp³-hybridized carbons (Fsp3) is 0.375. The maximum atomic E-state index is 12.6. The molecule has 0 aromatic heterocycles. The molecule has 3 rings (SSSR count). The number of alkyl carbamates (subject to hydrolysis) is 1. The minimum atomic E-state index is -5.08. The van der Waals surface area contributed by atoms with Gasteiger partial charge in [0, 0.05) is 18.4 Å². The molecule has 1 aliphatic rings. The normalized spacial score (nSPS) is 14.5. The molecule has 2 amide bonds. The first-order valence-corrected chi connectivity index (χ1v) is 10.8. The average Bonchev–Trinajstić information content (AvgIpc) is 3.09. The van der Waals surface area contributed by atoms with Crippen LogP contribution in [0.4, 0.5) is 18.0 Å². The summed E-state index contributed by atoms with van der Waals surface area (Å²) in [5.41, 5.74) is 4.37. The van der Waals surface area contributed by atoms with Crippen molar-refractivity contribution in [3.05, 3.63) is 59.7 Å². The Bertz CT molecular complexity index is 1010. The van der Waals surface area contributed by atoms with Crippen molar-refractivity contribution in [1.82, 2.24) is 10.6 Å². The van der Waals surface area contributed by atoms with Crippen molar-refractivity contribution in [3.8, 4) is 11.1 Å². The summed E-state index contributed by atoms with van der Waals surface area (Å²) in [6.45, 7) is 1.82. The molecule has 2 aromatic rings. The van der Waals surface area contributed by atoms with Crippen LogP contribution in [-0.2, 0) is 14.3 Å². The summed E-state index contributed by atoms with van der Waals surface area (Å²) in [6.07, 6.45) is -5.58. The van der Waals surface area contributed by atoms with Crippen molar-refractivity contribution in [2.24, 2.45) is 0 Å². The van der Waals surface area contributed by atoms with Gasteiger partial charge in [-0.3, -0.25) is 4.79 Å². The summed E-state index contributed by atoms with van der Waals surface area (Å²) in [5, 5.41) is 12.7. The highest BCUT2D eigenvalue weighted by molar-refractivity contribution is 5.84. The highest BCUT2D eigenvalue weighted by atomic mass is 19.4. The van der Waals surface area contributed by atoms with Crippen LogP contribution in [0, 0.1) is 0 Å². The number of ether oxygens (including phenoxy) is 1. The van der Waals surface area contributed by atoms with Crippen LogP contribution in [0.2, 0.25) is 0 Å². The molecular weight excluding hydrogens is 453 g/mol. The Hall–Kier alpha value is -3.56. The van der Waals surface area contributed by atoms with Gasteiger partial charge >= 0.3 is 18.2 Å². The van der Waals surface area contributed by atoms with Crippen LogP contribution in [0.15, 0.2) is 48.5 Å². The zero-order valence-electron chi connectivity index (χ0n) is 18.4. The van der Waals surface area contributed by atoms with Gasteiger partial charge in [0.05, 0.1) is 0 Å². The van der Waals surface area contributed by atoms with E-state index in [0.717, 1.165) is 22.3 Å². The first kappa shape index (κ1) is 25.1. The summed E-state index contributed by atoms with van der Waals surface area (Å²) in [6, 6.07) is 12.5. The van der Waals surface area contributed by atoms with E-state index in [1.165, 1.54) is 5.32 Å². The number of halogens is 3. The van der Waals surface area contributed by atoms with Crippen molar-refractivity contribution in [2.75, 3.05) is 6.61 Å². The average molecular weight is 478 g/mol. The van der Waals surface area contributed by atoms with Crippen molar-refractivity contribution >= 4 is 18.0 Å². The number of carbonyl (C=O) groups is 3. The van der Waals surface area contributed by atoms with Crippen LogP contribution in [-0.4, -0.2) is 47.9 Å². The van der Waals surface area contributed by atoms with Gasteiger partial charge in [-0.15, -0.1) is 0 Å². The number of amides is 2. The first-order chi connectivity index (χ1) is 16.1. The fourth-order valence-corrected chi connectivity index (χ4v) is 4.00. The molecule has 0 saturated carbocycles. The lowest BCUT2D eigenvalue weighted by Gasteiger charge is -2.18. The second-order valence-electron chi connectivity index (χ2n) is 8.14. The molecule has 0 saturated heterocycles. The number of carboxylic acid groups (broad SMARTS) is 1. The van der Waals surface area contributed by atoms with E-state index in [9.17, 15) is 27.6 Å². The Morgan fingerprint density at radius 1 is 1.00 bits per heavy atom. The van der Waals surface area contributed by atoms with Crippen LogP contribution in [0.5, 0.6) is 0 Å². The molecule has 0 heterocycles. The van der Waals surface area contributed by atoms with Crippen LogP contribution in [0.3, 0.4) is 0 Å².